The molecular formula is C22H27N5O. The number of aromatic nitrogens is 3. The lowest BCUT2D eigenvalue weighted by Crippen LogP contribution is -2.39. The van der Waals surface area contributed by atoms with Crippen LogP contribution in [0.2, 0.25) is 0 Å². The average Bonchev–Trinajstić information content (AvgIpc) is 3.32. The zero-order valence-electron chi connectivity index (χ0n) is 16.4. The highest BCUT2D eigenvalue weighted by Crippen LogP contribution is 2.34. The number of hydrogen-bond acceptors (Lipinski definition) is 5. The third kappa shape index (κ3) is 3.16. The Kier molecular flexibility index (Phi) is 4.74. The van der Waals surface area contributed by atoms with Crippen molar-refractivity contribution in [2.45, 2.75) is 26.2 Å². The molecule has 0 bridgehead atoms. The van der Waals surface area contributed by atoms with E-state index in [9.17, 15) is 0 Å². The van der Waals surface area contributed by atoms with Crippen molar-refractivity contribution in [1.29, 1.82) is 0 Å². The molecule has 1 saturated heterocycles. The normalized spacial score (nSPS) is 17.2. The molecule has 3 aromatic rings. The molecule has 1 N–H and O–H groups in total. The number of rotatable bonds is 5. The summed E-state index contributed by atoms with van der Waals surface area (Å²) in [7, 11) is 0. The van der Waals surface area contributed by atoms with E-state index in [1.54, 1.807) is 0 Å². The fourth-order valence-corrected chi connectivity index (χ4v) is 4.42. The number of morpholine rings is 1. The second kappa shape index (κ2) is 7.53. The predicted molar refractivity (Wildman–Crippen MR) is 111 cm³/mol. The molecule has 1 aliphatic carbocycles. The van der Waals surface area contributed by atoms with Crippen LogP contribution in [0.25, 0.3) is 16.8 Å². The molecule has 1 aliphatic heterocycles. The van der Waals surface area contributed by atoms with Gasteiger partial charge in [-0.1, -0.05) is 30.3 Å². The van der Waals surface area contributed by atoms with Crippen LogP contribution in [0, 0.1) is 6.92 Å². The van der Waals surface area contributed by atoms with Gasteiger partial charge in [0, 0.05) is 43.0 Å². The quantitative estimate of drug-likeness (QED) is 0.741. The molecule has 6 heteroatoms. The molecule has 2 aliphatic rings. The number of aryl methyl sites for hydroxylation is 2. The van der Waals surface area contributed by atoms with Crippen molar-refractivity contribution in [3.05, 3.63) is 47.3 Å². The van der Waals surface area contributed by atoms with Gasteiger partial charge in [0.05, 0.1) is 18.9 Å². The maximum absolute atomic E-state index is 5.46. The molecule has 3 heterocycles. The Hall–Kier alpha value is -2.44. The van der Waals surface area contributed by atoms with Crippen LogP contribution in [0.3, 0.4) is 0 Å². The van der Waals surface area contributed by atoms with Crippen molar-refractivity contribution in [1.82, 2.24) is 19.5 Å². The van der Waals surface area contributed by atoms with Crippen molar-refractivity contribution in [2.24, 2.45) is 0 Å². The zero-order valence-corrected chi connectivity index (χ0v) is 16.4. The maximum Gasteiger partial charge on any atom is 0.165 e. The largest absolute Gasteiger partial charge is 0.379 e. The number of hydrogen-bond donors (Lipinski definition) is 1. The lowest BCUT2D eigenvalue weighted by atomic mass is 10.1. The summed E-state index contributed by atoms with van der Waals surface area (Å²) in [5.74, 6) is 1.14. The first-order valence-electron chi connectivity index (χ1n) is 10.3. The summed E-state index contributed by atoms with van der Waals surface area (Å²) < 4.78 is 7.50. The first-order chi connectivity index (χ1) is 13.8. The molecule has 0 unspecified atom stereocenters. The summed E-state index contributed by atoms with van der Waals surface area (Å²) in [5, 5.41) is 8.60. The monoisotopic (exact) mass is 377 g/mol. The van der Waals surface area contributed by atoms with Crippen LogP contribution in [0.15, 0.2) is 30.3 Å². The van der Waals surface area contributed by atoms with Gasteiger partial charge in [0.15, 0.2) is 5.65 Å². The molecule has 0 atom stereocenters. The minimum atomic E-state index is 0.841. The predicted octanol–water partition coefficient (Wildman–Crippen LogP) is 2.94. The van der Waals surface area contributed by atoms with E-state index < -0.39 is 0 Å². The standard InChI is InChI=1S/C22H27N5O/c1-16-20(17-6-3-2-4-7-17)22-24-19-9-5-8-18(19)21(27(22)25-16)23-10-11-26-12-14-28-15-13-26/h2-4,6-7,23H,5,8-15H2,1H3. The summed E-state index contributed by atoms with van der Waals surface area (Å²) in [6.07, 6.45) is 3.31. The van der Waals surface area contributed by atoms with Gasteiger partial charge >= 0.3 is 0 Å². The topological polar surface area (TPSA) is 54.7 Å². The third-order valence-electron chi connectivity index (χ3n) is 5.85. The van der Waals surface area contributed by atoms with Crippen LogP contribution >= 0.6 is 0 Å². The van der Waals surface area contributed by atoms with Gasteiger partial charge in [0.2, 0.25) is 0 Å². The van der Waals surface area contributed by atoms with Crippen LogP contribution in [0.5, 0.6) is 0 Å². The Labute approximate surface area is 165 Å². The summed E-state index contributed by atoms with van der Waals surface area (Å²) in [6.45, 7) is 7.73. The van der Waals surface area contributed by atoms with Gasteiger partial charge in [0.25, 0.3) is 0 Å². The Morgan fingerprint density at radius 3 is 2.75 bits per heavy atom. The number of nitrogens with zero attached hydrogens (tertiary/aromatic N) is 4. The van der Waals surface area contributed by atoms with E-state index in [-0.39, 0.29) is 0 Å². The molecule has 6 nitrogen and oxygen atoms in total. The van der Waals surface area contributed by atoms with Crippen molar-refractivity contribution in [2.75, 3.05) is 44.7 Å². The van der Waals surface area contributed by atoms with E-state index in [2.05, 4.69) is 41.4 Å². The highest BCUT2D eigenvalue weighted by Gasteiger charge is 2.24. The number of benzene rings is 1. The molecule has 0 spiro atoms. The van der Waals surface area contributed by atoms with Gasteiger partial charge < -0.3 is 10.1 Å². The number of ether oxygens (including phenoxy) is 1. The zero-order chi connectivity index (χ0) is 18.9. The second-order valence-electron chi connectivity index (χ2n) is 7.68. The summed E-state index contributed by atoms with van der Waals surface area (Å²) in [4.78, 5) is 7.50. The van der Waals surface area contributed by atoms with E-state index in [0.717, 1.165) is 75.0 Å². The Morgan fingerprint density at radius 2 is 1.93 bits per heavy atom. The van der Waals surface area contributed by atoms with E-state index in [1.165, 1.54) is 23.2 Å². The highest BCUT2D eigenvalue weighted by molar-refractivity contribution is 5.81. The summed E-state index contributed by atoms with van der Waals surface area (Å²) in [5.41, 5.74) is 6.90. The lowest BCUT2D eigenvalue weighted by Gasteiger charge is -2.26. The van der Waals surface area contributed by atoms with Crippen LogP contribution in [0.4, 0.5) is 5.82 Å². The van der Waals surface area contributed by atoms with E-state index in [1.807, 2.05) is 10.6 Å². The van der Waals surface area contributed by atoms with Crippen LogP contribution in [-0.2, 0) is 17.6 Å². The van der Waals surface area contributed by atoms with Gasteiger partial charge in [0.1, 0.15) is 5.82 Å². The van der Waals surface area contributed by atoms with Gasteiger partial charge in [-0.2, -0.15) is 9.61 Å². The molecule has 0 amide bonds. The molecule has 5 rings (SSSR count). The van der Waals surface area contributed by atoms with E-state index >= 15 is 0 Å². The molecule has 1 aromatic carbocycles. The minimum Gasteiger partial charge on any atom is -0.379 e. The molecule has 1 fully saturated rings. The van der Waals surface area contributed by atoms with Gasteiger partial charge in [-0.15, -0.1) is 0 Å². The van der Waals surface area contributed by atoms with Gasteiger partial charge in [-0.3, -0.25) is 4.90 Å². The molecule has 28 heavy (non-hydrogen) atoms. The Balaban J connectivity index is 1.51. The average molecular weight is 377 g/mol. The van der Waals surface area contributed by atoms with Gasteiger partial charge in [-0.25, -0.2) is 4.98 Å². The van der Waals surface area contributed by atoms with Crippen molar-refractivity contribution in [3.63, 3.8) is 0 Å². The fraction of sp³-hybridized carbons (Fsp3) is 0.455. The van der Waals surface area contributed by atoms with Gasteiger partial charge in [-0.05, 0) is 31.7 Å². The molecule has 2 aromatic heterocycles. The SMILES string of the molecule is Cc1nn2c(NCCN3CCOCC3)c3c(nc2c1-c1ccccc1)CCC3. The van der Waals surface area contributed by atoms with E-state index in [4.69, 9.17) is 14.8 Å². The first kappa shape index (κ1) is 17.6. The van der Waals surface area contributed by atoms with Crippen LogP contribution < -0.4 is 5.32 Å². The molecule has 146 valence electrons. The first-order valence-corrected chi connectivity index (χ1v) is 10.3. The number of fused-ring (bicyclic) bond motifs is 2. The lowest BCUT2D eigenvalue weighted by molar-refractivity contribution is 0.0398. The highest BCUT2D eigenvalue weighted by atomic mass is 16.5. The van der Waals surface area contributed by atoms with Crippen molar-refractivity contribution < 1.29 is 4.74 Å². The molecular weight excluding hydrogens is 350 g/mol. The van der Waals surface area contributed by atoms with Crippen molar-refractivity contribution in [3.8, 4) is 11.1 Å². The fourth-order valence-electron chi connectivity index (χ4n) is 4.42. The van der Waals surface area contributed by atoms with Crippen LogP contribution in [0.1, 0.15) is 23.4 Å². The number of nitrogens with one attached hydrogen (secondary N) is 1. The Bertz CT molecular complexity index is 976. The van der Waals surface area contributed by atoms with Crippen molar-refractivity contribution >= 4 is 11.5 Å². The summed E-state index contributed by atoms with van der Waals surface area (Å²) >= 11 is 0. The third-order valence-corrected chi connectivity index (χ3v) is 5.85. The number of anilines is 1. The maximum atomic E-state index is 5.46. The second-order valence-corrected chi connectivity index (χ2v) is 7.68. The summed E-state index contributed by atoms with van der Waals surface area (Å²) in [6, 6.07) is 10.5. The van der Waals surface area contributed by atoms with E-state index in [0.29, 0.717) is 0 Å². The Morgan fingerprint density at radius 1 is 1.11 bits per heavy atom. The smallest absolute Gasteiger partial charge is 0.165 e. The molecule has 0 radical (unpaired) electrons. The minimum absolute atomic E-state index is 0.841. The molecule has 0 saturated carbocycles. The van der Waals surface area contributed by atoms with Crippen LogP contribution in [-0.4, -0.2) is 58.9 Å².